The Labute approximate surface area is 123 Å². The highest BCUT2D eigenvalue weighted by Gasteiger charge is 2.20. The zero-order chi connectivity index (χ0) is 14.6. The molecule has 1 aromatic carbocycles. The van der Waals surface area contributed by atoms with E-state index in [0.29, 0.717) is 13.0 Å². The van der Waals surface area contributed by atoms with Crippen molar-refractivity contribution in [2.24, 2.45) is 5.73 Å². The number of rotatable bonds is 6. The summed E-state index contributed by atoms with van der Waals surface area (Å²) in [4.78, 5) is 1.29. The maximum Gasteiger partial charge on any atom is 0.241 e. The van der Waals surface area contributed by atoms with E-state index in [1.807, 2.05) is 24.4 Å². The lowest BCUT2D eigenvalue weighted by atomic mass is 10.2. The van der Waals surface area contributed by atoms with E-state index in [4.69, 9.17) is 5.73 Å². The van der Waals surface area contributed by atoms with E-state index in [0.717, 1.165) is 10.4 Å². The van der Waals surface area contributed by atoms with Crippen LogP contribution in [0.25, 0.3) is 0 Å². The maximum atomic E-state index is 12.4. The smallest absolute Gasteiger partial charge is 0.241 e. The number of sulfonamides is 1. The monoisotopic (exact) mass is 310 g/mol. The van der Waals surface area contributed by atoms with Gasteiger partial charge in [0, 0.05) is 11.4 Å². The van der Waals surface area contributed by atoms with Gasteiger partial charge in [-0.2, -0.15) is 0 Å². The second kappa shape index (κ2) is 6.49. The molecule has 0 aliphatic rings. The first kappa shape index (κ1) is 15.2. The van der Waals surface area contributed by atoms with Crippen LogP contribution in [0, 0.1) is 0 Å². The minimum atomic E-state index is -3.51. The van der Waals surface area contributed by atoms with Gasteiger partial charge in [-0.3, -0.25) is 0 Å². The number of thiophene rings is 1. The first-order valence-corrected chi connectivity index (χ1v) is 8.78. The molecule has 4 nitrogen and oxygen atoms in total. The fourth-order valence-corrected chi connectivity index (χ4v) is 4.13. The van der Waals surface area contributed by atoms with Gasteiger partial charge in [-0.25, -0.2) is 13.1 Å². The predicted molar refractivity (Wildman–Crippen MR) is 82.0 cm³/mol. The van der Waals surface area contributed by atoms with Crippen molar-refractivity contribution in [2.75, 3.05) is 0 Å². The van der Waals surface area contributed by atoms with Crippen molar-refractivity contribution in [1.82, 2.24) is 4.72 Å². The third kappa shape index (κ3) is 3.46. The third-order valence-corrected chi connectivity index (χ3v) is 5.54. The lowest BCUT2D eigenvalue weighted by Crippen LogP contribution is -2.27. The number of benzene rings is 1. The SMILES string of the molecule is CCC(NS(=O)(=O)c1ccc(CN)cc1)c1cccs1. The van der Waals surface area contributed by atoms with Crippen molar-refractivity contribution < 1.29 is 8.42 Å². The number of hydrogen-bond acceptors (Lipinski definition) is 4. The van der Waals surface area contributed by atoms with Crippen molar-refractivity contribution >= 4 is 21.4 Å². The molecule has 0 spiro atoms. The van der Waals surface area contributed by atoms with Gasteiger partial charge in [-0.15, -0.1) is 11.3 Å². The molecule has 2 aromatic rings. The van der Waals surface area contributed by atoms with Crippen LogP contribution >= 0.6 is 11.3 Å². The van der Waals surface area contributed by atoms with E-state index in [9.17, 15) is 8.42 Å². The minimum absolute atomic E-state index is 0.186. The molecular formula is C14H18N2O2S2. The van der Waals surface area contributed by atoms with Gasteiger partial charge < -0.3 is 5.73 Å². The quantitative estimate of drug-likeness (QED) is 0.861. The highest BCUT2D eigenvalue weighted by atomic mass is 32.2. The van der Waals surface area contributed by atoms with Gasteiger partial charge in [0.2, 0.25) is 10.0 Å². The van der Waals surface area contributed by atoms with Crippen LogP contribution in [0.4, 0.5) is 0 Å². The fourth-order valence-electron chi connectivity index (χ4n) is 1.89. The largest absolute Gasteiger partial charge is 0.326 e. The van der Waals surface area contributed by atoms with Crippen LogP contribution in [0.5, 0.6) is 0 Å². The van der Waals surface area contributed by atoms with Gasteiger partial charge in [-0.05, 0) is 35.6 Å². The molecular weight excluding hydrogens is 292 g/mol. The van der Waals surface area contributed by atoms with E-state index in [2.05, 4.69) is 4.72 Å². The Bertz CT molecular complexity index is 634. The summed E-state index contributed by atoms with van der Waals surface area (Å²) in [6.45, 7) is 2.37. The molecule has 0 radical (unpaired) electrons. The number of hydrogen-bond donors (Lipinski definition) is 2. The molecule has 0 bridgehead atoms. The van der Waals surface area contributed by atoms with Crippen LogP contribution in [0.2, 0.25) is 0 Å². The molecule has 6 heteroatoms. The highest BCUT2D eigenvalue weighted by molar-refractivity contribution is 7.89. The van der Waals surface area contributed by atoms with Gasteiger partial charge in [0.1, 0.15) is 0 Å². The molecule has 20 heavy (non-hydrogen) atoms. The Morgan fingerprint density at radius 2 is 1.95 bits per heavy atom. The van der Waals surface area contributed by atoms with Crippen LogP contribution in [-0.4, -0.2) is 8.42 Å². The van der Waals surface area contributed by atoms with Crippen LogP contribution in [0.3, 0.4) is 0 Å². The van der Waals surface area contributed by atoms with Crippen LogP contribution < -0.4 is 10.5 Å². The average molecular weight is 310 g/mol. The van der Waals surface area contributed by atoms with E-state index in [1.54, 1.807) is 35.6 Å². The summed E-state index contributed by atoms with van der Waals surface area (Å²) in [6, 6.07) is 10.3. The summed E-state index contributed by atoms with van der Waals surface area (Å²) < 4.78 is 27.5. The molecule has 0 amide bonds. The predicted octanol–water partition coefficient (Wildman–Crippen LogP) is 2.64. The Kier molecular flexibility index (Phi) is 4.93. The molecule has 1 aromatic heterocycles. The van der Waals surface area contributed by atoms with Crippen molar-refractivity contribution in [1.29, 1.82) is 0 Å². The summed E-state index contributed by atoms with van der Waals surface area (Å²) in [5, 5.41) is 1.95. The van der Waals surface area contributed by atoms with Crippen molar-refractivity contribution in [3.63, 3.8) is 0 Å². The summed E-state index contributed by atoms with van der Waals surface area (Å²) in [5.74, 6) is 0. The van der Waals surface area contributed by atoms with E-state index >= 15 is 0 Å². The van der Waals surface area contributed by atoms with Gasteiger partial charge in [0.15, 0.2) is 0 Å². The summed E-state index contributed by atoms with van der Waals surface area (Å²) in [7, 11) is -3.51. The second-order valence-corrected chi connectivity index (χ2v) is 7.14. The lowest BCUT2D eigenvalue weighted by Gasteiger charge is -2.15. The third-order valence-electron chi connectivity index (χ3n) is 3.06. The van der Waals surface area contributed by atoms with E-state index in [-0.39, 0.29) is 10.9 Å². The Morgan fingerprint density at radius 1 is 1.25 bits per heavy atom. The van der Waals surface area contributed by atoms with Crippen LogP contribution in [-0.2, 0) is 16.6 Å². The standard InChI is InChI=1S/C14H18N2O2S2/c1-2-13(14-4-3-9-19-14)16-20(17,18)12-7-5-11(10-15)6-8-12/h3-9,13,16H,2,10,15H2,1H3. The summed E-state index contributed by atoms with van der Waals surface area (Å²) >= 11 is 1.55. The molecule has 0 aliphatic heterocycles. The first-order chi connectivity index (χ1) is 9.56. The normalized spacial score (nSPS) is 13.3. The van der Waals surface area contributed by atoms with Crippen molar-refractivity contribution in [3.05, 3.63) is 52.2 Å². The molecule has 0 aliphatic carbocycles. The highest BCUT2D eigenvalue weighted by Crippen LogP contribution is 2.24. The molecule has 0 fully saturated rings. The maximum absolute atomic E-state index is 12.4. The zero-order valence-electron chi connectivity index (χ0n) is 11.2. The Balaban J connectivity index is 2.21. The van der Waals surface area contributed by atoms with Crippen molar-refractivity contribution in [3.8, 4) is 0 Å². The first-order valence-electron chi connectivity index (χ1n) is 6.41. The molecule has 0 saturated carbocycles. The Hall–Kier alpha value is -1.21. The molecule has 3 N–H and O–H groups in total. The number of nitrogens with two attached hydrogens (primary N) is 1. The zero-order valence-corrected chi connectivity index (χ0v) is 12.9. The van der Waals surface area contributed by atoms with Gasteiger partial charge in [0.25, 0.3) is 0 Å². The van der Waals surface area contributed by atoms with E-state index < -0.39 is 10.0 Å². The minimum Gasteiger partial charge on any atom is -0.326 e. The molecule has 1 atom stereocenters. The number of nitrogens with one attached hydrogen (secondary N) is 1. The topological polar surface area (TPSA) is 72.2 Å². The molecule has 108 valence electrons. The molecule has 0 saturated heterocycles. The van der Waals surface area contributed by atoms with Crippen LogP contribution in [0.1, 0.15) is 29.8 Å². The Morgan fingerprint density at radius 3 is 2.45 bits per heavy atom. The molecule has 1 unspecified atom stereocenters. The average Bonchev–Trinajstić information content (AvgIpc) is 2.99. The lowest BCUT2D eigenvalue weighted by molar-refractivity contribution is 0.553. The van der Waals surface area contributed by atoms with Crippen LogP contribution in [0.15, 0.2) is 46.7 Å². The van der Waals surface area contributed by atoms with Gasteiger partial charge in [0.05, 0.1) is 10.9 Å². The van der Waals surface area contributed by atoms with E-state index in [1.165, 1.54) is 0 Å². The summed E-state index contributed by atoms with van der Waals surface area (Å²) in [5.41, 5.74) is 6.42. The molecule has 2 rings (SSSR count). The fraction of sp³-hybridized carbons (Fsp3) is 0.286. The van der Waals surface area contributed by atoms with Gasteiger partial charge >= 0.3 is 0 Å². The van der Waals surface area contributed by atoms with Crippen molar-refractivity contribution in [2.45, 2.75) is 30.8 Å². The second-order valence-electron chi connectivity index (χ2n) is 4.45. The summed E-state index contributed by atoms with van der Waals surface area (Å²) in [6.07, 6.45) is 0.709. The van der Waals surface area contributed by atoms with Gasteiger partial charge in [-0.1, -0.05) is 25.1 Å². The molecule has 1 heterocycles.